The molecule has 2 aromatic rings. The van der Waals surface area contributed by atoms with Gasteiger partial charge in [-0.3, -0.25) is 0 Å². The number of hydrogen-bond acceptors (Lipinski definition) is 3. The van der Waals surface area contributed by atoms with Crippen molar-refractivity contribution in [2.45, 2.75) is 6.54 Å². The van der Waals surface area contributed by atoms with Crippen LogP contribution in [0.1, 0.15) is 5.56 Å². The first-order valence-electron chi connectivity index (χ1n) is 4.95. The molecule has 16 heavy (non-hydrogen) atoms. The molecule has 0 atom stereocenters. The van der Waals surface area contributed by atoms with Gasteiger partial charge in [-0.25, -0.2) is 9.37 Å². The van der Waals surface area contributed by atoms with Crippen molar-refractivity contribution in [3.05, 3.63) is 54.0 Å². The highest BCUT2D eigenvalue weighted by Crippen LogP contribution is 2.14. The number of nitrogen functional groups attached to an aromatic ring is 1. The van der Waals surface area contributed by atoms with E-state index in [2.05, 4.69) is 10.3 Å². The van der Waals surface area contributed by atoms with Crippen LogP contribution in [0.2, 0.25) is 0 Å². The Morgan fingerprint density at radius 2 is 2.00 bits per heavy atom. The molecule has 2 rings (SSSR count). The Bertz CT molecular complexity index is 440. The van der Waals surface area contributed by atoms with Gasteiger partial charge in [-0.1, -0.05) is 18.2 Å². The molecule has 3 N–H and O–H groups in total. The van der Waals surface area contributed by atoms with Gasteiger partial charge in [0.05, 0.1) is 0 Å². The van der Waals surface area contributed by atoms with Crippen LogP contribution in [0.3, 0.4) is 0 Å². The topological polar surface area (TPSA) is 50.9 Å². The van der Waals surface area contributed by atoms with Crippen molar-refractivity contribution in [3.63, 3.8) is 0 Å². The second kappa shape index (κ2) is 4.61. The van der Waals surface area contributed by atoms with Crippen LogP contribution < -0.4 is 11.1 Å². The lowest BCUT2D eigenvalue weighted by atomic mass is 10.2. The van der Waals surface area contributed by atoms with E-state index in [-0.39, 0.29) is 11.6 Å². The van der Waals surface area contributed by atoms with Crippen LogP contribution in [-0.2, 0) is 6.54 Å². The van der Waals surface area contributed by atoms with Crippen molar-refractivity contribution in [1.82, 2.24) is 4.98 Å². The van der Waals surface area contributed by atoms with Gasteiger partial charge in [-0.05, 0) is 23.8 Å². The molecule has 0 amide bonds. The molecule has 0 fully saturated rings. The van der Waals surface area contributed by atoms with Crippen LogP contribution in [0.25, 0.3) is 0 Å². The number of nitrogens with one attached hydrogen (secondary N) is 1. The smallest absolute Gasteiger partial charge is 0.165 e. The summed E-state index contributed by atoms with van der Waals surface area (Å²) in [6.45, 7) is 0.459. The average molecular weight is 217 g/mol. The van der Waals surface area contributed by atoms with Gasteiger partial charge in [-0.15, -0.1) is 0 Å². The highest BCUT2D eigenvalue weighted by molar-refractivity contribution is 5.48. The minimum absolute atomic E-state index is 0.241. The maximum atomic E-state index is 13.2. The van der Waals surface area contributed by atoms with Crippen LogP contribution in [-0.4, -0.2) is 4.98 Å². The van der Waals surface area contributed by atoms with Gasteiger partial charge in [0, 0.05) is 18.4 Å². The van der Waals surface area contributed by atoms with Gasteiger partial charge >= 0.3 is 0 Å². The minimum Gasteiger partial charge on any atom is -0.398 e. The molecular weight excluding hydrogens is 205 g/mol. The predicted octanol–water partition coefficient (Wildman–Crippen LogP) is 2.42. The number of benzene rings is 1. The van der Waals surface area contributed by atoms with Crippen LogP contribution in [0.4, 0.5) is 15.9 Å². The number of rotatable bonds is 3. The minimum atomic E-state index is -0.364. The number of anilines is 2. The van der Waals surface area contributed by atoms with E-state index >= 15 is 0 Å². The van der Waals surface area contributed by atoms with Crippen LogP contribution in [0, 0.1) is 5.82 Å². The number of pyridine rings is 1. The van der Waals surface area contributed by atoms with Gasteiger partial charge in [0.25, 0.3) is 0 Å². The van der Waals surface area contributed by atoms with E-state index in [0.29, 0.717) is 12.2 Å². The summed E-state index contributed by atoms with van der Waals surface area (Å²) in [7, 11) is 0. The van der Waals surface area contributed by atoms with Crippen LogP contribution in [0.15, 0.2) is 42.6 Å². The normalized spacial score (nSPS) is 10.1. The van der Waals surface area contributed by atoms with Gasteiger partial charge in [0.15, 0.2) is 11.6 Å². The molecule has 0 aliphatic heterocycles. The Hall–Kier alpha value is -2.10. The van der Waals surface area contributed by atoms with E-state index in [4.69, 9.17) is 5.73 Å². The maximum Gasteiger partial charge on any atom is 0.165 e. The van der Waals surface area contributed by atoms with Gasteiger partial charge in [0.1, 0.15) is 0 Å². The molecule has 3 nitrogen and oxygen atoms in total. The van der Waals surface area contributed by atoms with E-state index in [0.717, 1.165) is 5.56 Å². The molecule has 0 saturated carbocycles. The summed E-state index contributed by atoms with van der Waals surface area (Å²) < 4.78 is 13.2. The van der Waals surface area contributed by atoms with Crippen LogP contribution in [0.5, 0.6) is 0 Å². The summed E-state index contributed by atoms with van der Waals surface area (Å²) in [5.74, 6) is -0.122. The highest BCUT2D eigenvalue weighted by Gasteiger charge is 2.02. The van der Waals surface area contributed by atoms with E-state index in [1.54, 1.807) is 12.3 Å². The number of aromatic nitrogens is 1. The molecule has 0 aliphatic carbocycles. The molecule has 0 bridgehead atoms. The maximum absolute atomic E-state index is 13.2. The first-order valence-corrected chi connectivity index (χ1v) is 4.95. The zero-order valence-electron chi connectivity index (χ0n) is 8.65. The molecule has 0 radical (unpaired) electrons. The molecule has 1 aromatic heterocycles. The van der Waals surface area contributed by atoms with E-state index in [1.807, 2.05) is 24.3 Å². The lowest BCUT2D eigenvalue weighted by Gasteiger charge is -2.08. The van der Waals surface area contributed by atoms with Crippen molar-refractivity contribution in [2.75, 3.05) is 11.1 Å². The molecular formula is C12H12FN3. The molecule has 4 heteroatoms. The Morgan fingerprint density at radius 1 is 1.19 bits per heavy atom. The fourth-order valence-electron chi connectivity index (χ4n) is 1.39. The average Bonchev–Trinajstić information content (AvgIpc) is 2.30. The lowest BCUT2D eigenvalue weighted by Crippen LogP contribution is -2.05. The summed E-state index contributed by atoms with van der Waals surface area (Å²) in [4.78, 5) is 3.90. The fourth-order valence-corrected chi connectivity index (χ4v) is 1.39. The third kappa shape index (κ3) is 2.28. The highest BCUT2D eigenvalue weighted by atomic mass is 19.1. The SMILES string of the molecule is Nc1ccccc1CNc1ncccc1F. The number of hydrogen-bond donors (Lipinski definition) is 2. The lowest BCUT2D eigenvalue weighted by molar-refractivity contribution is 0.624. The summed E-state index contributed by atoms with van der Waals surface area (Å²) in [5.41, 5.74) is 7.38. The quantitative estimate of drug-likeness (QED) is 0.776. The second-order valence-corrected chi connectivity index (χ2v) is 3.39. The molecule has 82 valence electrons. The summed E-state index contributed by atoms with van der Waals surface area (Å²) in [5, 5.41) is 2.90. The standard InChI is InChI=1S/C12H12FN3/c13-10-5-3-7-15-12(10)16-8-9-4-1-2-6-11(9)14/h1-7H,8,14H2,(H,15,16). The first-order chi connectivity index (χ1) is 7.77. The monoisotopic (exact) mass is 217 g/mol. The Kier molecular flexibility index (Phi) is 3.00. The summed E-state index contributed by atoms with van der Waals surface area (Å²) in [6.07, 6.45) is 1.54. The van der Waals surface area contributed by atoms with Crippen molar-refractivity contribution < 1.29 is 4.39 Å². The molecule has 0 saturated heterocycles. The molecule has 0 aliphatic rings. The van der Waals surface area contributed by atoms with Gasteiger partial charge < -0.3 is 11.1 Å². The van der Waals surface area contributed by atoms with Crippen molar-refractivity contribution in [2.24, 2.45) is 0 Å². The van der Waals surface area contributed by atoms with Gasteiger partial charge in [0.2, 0.25) is 0 Å². The van der Waals surface area contributed by atoms with E-state index in [9.17, 15) is 4.39 Å². The predicted molar refractivity (Wildman–Crippen MR) is 62.4 cm³/mol. The third-order valence-corrected chi connectivity index (χ3v) is 2.26. The Balaban J connectivity index is 2.09. The van der Waals surface area contributed by atoms with Crippen LogP contribution >= 0.6 is 0 Å². The largest absolute Gasteiger partial charge is 0.398 e. The first kappa shape index (κ1) is 10.4. The second-order valence-electron chi connectivity index (χ2n) is 3.39. The molecule has 0 spiro atoms. The number of nitrogens with zero attached hydrogens (tertiary/aromatic N) is 1. The number of nitrogens with two attached hydrogens (primary N) is 1. The molecule has 0 unspecified atom stereocenters. The third-order valence-electron chi connectivity index (χ3n) is 2.26. The Morgan fingerprint density at radius 3 is 2.75 bits per heavy atom. The number of halogens is 1. The zero-order valence-corrected chi connectivity index (χ0v) is 8.65. The Labute approximate surface area is 93.1 Å². The molecule has 1 heterocycles. The number of para-hydroxylation sites is 1. The van der Waals surface area contributed by atoms with Gasteiger partial charge in [-0.2, -0.15) is 0 Å². The zero-order chi connectivity index (χ0) is 11.4. The van der Waals surface area contributed by atoms with Crippen molar-refractivity contribution >= 4 is 11.5 Å². The van der Waals surface area contributed by atoms with Crippen molar-refractivity contribution in [1.29, 1.82) is 0 Å². The summed E-state index contributed by atoms with van der Waals surface area (Å²) in [6, 6.07) is 10.4. The van der Waals surface area contributed by atoms with E-state index < -0.39 is 0 Å². The van der Waals surface area contributed by atoms with Crippen molar-refractivity contribution in [3.8, 4) is 0 Å². The molecule has 1 aromatic carbocycles. The fraction of sp³-hybridized carbons (Fsp3) is 0.0833. The van der Waals surface area contributed by atoms with E-state index in [1.165, 1.54) is 6.07 Å². The summed E-state index contributed by atoms with van der Waals surface area (Å²) >= 11 is 0.